The molecule has 2 aromatic heterocycles. The summed E-state index contributed by atoms with van der Waals surface area (Å²) < 4.78 is 1.99. The number of rotatable bonds is 5. The molecule has 0 bridgehead atoms. The first kappa shape index (κ1) is 17.9. The van der Waals surface area contributed by atoms with Gasteiger partial charge in [-0.2, -0.15) is 5.10 Å². The van der Waals surface area contributed by atoms with Crippen LogP contribution in [0.25, 0.3) is 10.6 Å². The van der Waals surface area contributed by atoms with Crippen molar-refractivity contribution in [2.75, 3.05) is 13.1 Å². The van der Waals surface area contributed by atoms with Crippen LogP contribution in [0, 0.1) is 0 Å². The summed E-state index contributed by atoms with van der Waals surface area (Å²) in [4.78, 5) is 18.2. The van der Waals surface area contributed by atoms with E-state index < -0.39 is 5.97 Å². The van der Waals surface area contributed by atoms with Crippen molar-refractivity contribution in [1.29, 1.82) is 0 Å². The van der Waals surface area contributed by atoms with E-state index >= 15 is 0 Å². The van der Waals surface area contributed by atoms with Crippen molar-refractivity contribution in [2.45, 2.75) is 25.3 Å². The lowest BCUT2D eigenvalue weighted by Crippen LogP contribution is -2.33. The maximum Gasteiger partial charge on any atom is 0.335 e. The topological polar surface area (TPSA) is 71.2 Å². The number of aromatic carboxylic acids is 1. The van der Waals surface area contributed by atoms with Crippen LogP contribution in [0.1, 0.15) is 40.5 Å². The Labute approximate surface area is 162 Å². The lowest BCUT2D eigenvalue weighted by molar-refractivity contribution is 0.0697. The molecule has 0 radical (unpaired) electrons. The van der Waals surface area contributed by atoms with Crippen molar-refractivity contribution in [3.05, 3.63) is 58.9 Å². The molecule has 0 amide bonds. The minimum atomic E-state index is -0.907. The molecule has 0 spiro atoms. The van der Waals surface area contributed by atoms with E-state index in [2.05, 4.69) is 21.4 Å². The van der Waals surface area contributed by atoms with Crippen molar-refractivity contribution in [3.8, 4) is 10.6 Å². The van der Waals surface area contributed by atoms with Crippen molar-refractivity contribution in [1.82, 2.24) is 19.7 Å². The molecule has 1 fully saturated rings. The molecule has 0 aliphatic carbocycles. The first-order chi connectivity index (χ1) is 13.1. The minimum absolute atomic E-state index is 0.298. The molecule has 1 aliphatic rings. The second-order valence-electron chi connectivity index (χ2n) is 6.96. The molecule has 1 aromatic carbocycles. The Morgan fingerprint density at radius 1 is 1.22 bits per heavy atom. The van der Waals surface area contributed by atoms with Crippen LogP contribution in [0.15, 0.2) is 41.9 Å². The zero-order valence-corrected chi connectivity index (χ0v) is 16.0. The third-order valence-electron chi connectivity index (χ3n) is 5.18. The van der Waals surface area contributed by atoms with E-state index in [0.29, 0.717) is 11.5 Å². The molecule has 0 atom stereocenters. The summed E-state index contributed by atoms with van der Waals surface area (Å²) in [6, 6.07) is 9.03. The maximum atomic E-state index is 11.0. The average molecular weight is 382 g/mol. The van der Waals surface area contributed by atoms with Gasteiger partial charge < -0.3 is 5.11 Å². The normalized spacial score (nSPS) is 15.9. The summed E-state index contributed by atoms with van der Waals surface area (Å²) in [5, 5.41) is 16.3. The Morgan fingerprint density at radius 3 is 2.59 bits per heavy atom. The number of hydrogen-bond donors (Lipinski definition) is 1. The number of carboxylic acids is 1. The average Bonchev–Trinajstić information content (AvgIpc) is 3.32. The molecule has 3 heterocycles. The summed E-state index contributed by atoms with van der Waals surface area (Å²) in [5.74, 6) is -0.316. The van der Waals surface area contributed by atoms with Gasteiger partial charge in [-0.3, -0.25) is 9.58 Å². The molecule has 1 N–H and O–H groups in total. The van der Waals surface area contributed by atoms with Crippen LogP contribution in [-0.4, -0.2) is 43.8 Å². The van der Waals surface area contributed by atoms with Gasteiger partial charge in [-0.15, -0.1) is 11.3 Å². The van der Waals surface area contributed by atoms with E-state index in [-0.39, 0.29) is 0 Å². The highest BCUT2D eigenvalue weighted by Gasteiger charge is 2.23. The number of carboxylic acid groups (broad SMARTS) is 1. The number of carbonyl (C=O) groups is 1. The zero-order valence-electron chi connectivity index (χ0n) is 15.2. The third-order valence-corrected chi connectivity index (χ3v) is 6.12. The van der Waals surface area contributed by atoms with Gasteiger partial charge in [0.1, 0.15) is 5.01 Å². The first-order valence-corrected chi connectivity index (χ1v) is 9.96. The van der Waals surface area contributed by atoms with Crippen molar-refractivity contribution >= 4 is 17.3 Å². The predicted octanol–water partition coefficient (Wildman–Crippen LogP) is 3.62. The molecular weight excluding hydrogens is 360 g/mol. The standard InChI is InChI=1S/C20H22N4O2S/c1-23-18(6-9-21-23)14-7-10-24(11-8-14)12-17-13-27-19(22-17)15-2-4-16(5-3-15)20(25)26/h2-6,9,13-14H,7-8,10-12H2,1H3,(H,25,26). The fourth-order valence-corrected chi connectivity index (χ4v) is 4.49. The molecule has 6 nitrogen and oxygen atoms in total. The maximum absolute atomic E-state index is 11.0. The molecule has 0 saturated carbocycles. The van der Waals surface area contributed by atoms with Crippen LogP contribution < -0.4 is 0 Å². The SMILES string of the molecule is Cn1nccc1C1CCN(Cc2csc(-c3ccc(C(=O)O)cc3)n2)CC1. The minimum Gasteiger partial charge on any atom is -0.478 e. The Kier molecular flexibility index (Phi) is 5.05. The molecule has 3 aromatic rings. The van der Waals surface area contributed by atoms with Gasteiger partial charge in [0.05, 0.1) is 11.3 Å². The molecular formula is C20H22N4O2S. The fourth-order valence-electron chi connectivity index (χ4n) is 3.67. The Morgan fingerprint density at radius 2 is 1.96 bits per heavy atom. The number of benzene rings is 1. The van der Waals surface area contributed by atoms with E-state index in [9.17, 15) is 4.79 Å². The lowest BCUT2D eigenvalue weighted by Gasteiger charge is -2.31. The van der Waals surface area contributed by atoms with Crippen LogP contribution in [0.2, 0.25) is 0 Å². The highest BCUT2D eigenvalue weighted by Crippen LogP contribution is 2.29. The van der Waals surface area contributed by atoms with E-state index in [0.717, 1.165) is 48.7 Å². The van der Waals surface area contributed by atoms with Gasteiger partial charge in [0, 0.05) is 42.3 Å². The van der Waals surface area contributed by atoms with Gasteiger partial charge in [-0.25, -0.2) is 9.78 Å². The number of aromatic nitrogens is 3. The molecule has 4 rings (SSSR count). The largest absolute Gasteiger partial charge is 0.478 e. The lowest BCUT2D eigenvalue weighted by atomic mass is 9.93. The Bertz CT molecular complexity index is 924. The summed E-state index contributed by atoms with van der Waals surface area (Å²) in [7, 11) is 2.02. The summed E-state index contributed by atoms with van der Waals surface area (Å²) in [6.07, 6.45) is 4.17. The number of hydrogen-bond acceptors (Lipinski definition) is 5. The Hall–Kier alpha value is -2.51. The summed E-state index contributed by atoms with van der Waals surface area (Å²) in [6.45, 7) is 2.99. The highest BCUT2D eigenvalue weighted by molar-refractivity contribution is 7.13. The highest BCUT2D eigenvalue weighted by atomic mass is 32.1. The summed E-state index contributed by atoms with van der Waals surface area (Å²) in [5.41, 5.74) is 3.67. The smallest absolute Gasteiger partial charge is 0.335 e. The molecule has 140 valence electrons. The molecule has 1 aliphatic heterocycles. The predicted molar refractivity (Wildman–Crippen MR) is 105 cm³/mol. The number of likely N-dealkylation sites (tertiary alicyclic amines) is 1. The van der Waals surface area contributed by atoms with Gasteiger partial charge in [-0.1, -0.05) is 12.1 Å². The third kappa shape index (κ3) is 3.94. The van der Waals surface area contributed by atoms with Gasteiger partial charge in [-0.05, 0) is 44.1 Å². The van der Waals surface area contributed by atoms with Crippen LogP contribution >= 0.6 is 11.3 Å². The molecule has 7 heteroatoms. The van der Waals surface area contributed by atoms with Gasteiger partial charge in [0.25, 0.3) is 0 Å². The number of nitrogens with zero attached hydrogens (tertiary/aromatic N) is 4. The van der Waals surface area contributed by atoms with Crippen molar-refractivity contribution < 1.29 is 9.90 Å². The second kappa shape index (κ2) is 7.62. The van der Waals surface area contributed by atoms with Crippen LogP contribution in [-0.2, 0) is 13.6 Å². The quantitative estimate of drug-likeness (QED) is 0.730. The van der Waals surface area contributed by atoms with E-state index in [1.807, 2.05) is 30.1 Å². The molecule has 0 unspecified atom stereocenters. The fraction of sp³-hybridized carbons (Fsp3) is 0.350. The van der Waals surface area contributed by atoms with Crippen LogP contribution in [0.4, 0.5) is 0 Å². The van der Waals surface area contributed by atoms with Gasteiger partial charge >= 0.3 is 5.97 Å². The van der Waals surface area contributed by atoms with Crippen molar-refractivity contribution in [3.63, 3.8) is 0 Å². The second-order valence-corrected chi connectivity index (χ2v) is 7.81. The molecule has 1 saturated heterocycles. The zero-order chi connectivity index (χ0) is 18.8. The van der Waals surface area contributed by atoms with Gasteiger partial charge in [0.15, 0.2) is 0 Å². The Balaban J connectivity index is 1.36. The van der Waals surface area contributed by atoms with Crippen molar-refractivity contribution in [2.24, 2.45) is 7.05 Å². The van der Waals surface area contributed by atoms with E-state index in [1.54, 1.807) is 23.5 Å². The van der Waals surface area contributed by atoms with Crippen LogP contribution in [0.3, 0.4) is 0 Å². The molecule has 27 heavy (non-hydrogen) atoms. The first-order valence-electron chi connectivity index (χ1n) is 9.08. The van der Waals surface area contributed by atoms with E-state index in [1.165, 1.54) is 5.69 Å². The van der Waals surface area contributed by atoms with Gasteiger partial charge in [0.2, 0.25) is 0 Å². The summed E-state index contributed by atoms with van der Waals surface area (Å²) >= 11 is 1.61. The number of aryl methyl sites for hydroxylation is 1. The monoisotopic (exact) mass is 382 g/mol. The number of piperidine rings is 1. The van der Waals surface area contributed by atoms with E-state index in [4.69, 9.17) is 10.1 Å². The number of thiazole rings is 1. The van der Waals surface area contributed by atoms with Crippen LogP contribution in [0.5, 0.6) is 0 Å².